The Morgan fingerprint density at radius 3 is 2.50 bits per heavy atom. The number of aliphatic imine (C=N–C) groups is 1. The van der Waals surface area contributed by atoms with Crippen LogP contribution in [0.2, 0.25) is 0 Å². The van der Waals surface area contributed by atoms with Crippen molar-refractivity contribution < 1.29 is 4.74 Å². The first kappa shape index (κ1) is 22.0. The third kappa shape index (κ3) is 4.22. The SMILES string of the molecule is CN(C)C=NCCCn1c(N2CCOCC2)nc2c1c(=O)n(C)c(=O)n2C.Cl. The molecule has 0 radical (unpaired) electrons. The Morgan fingerprint density at radius 1 is 1.18 bits per heavy atom. The van der Waals surface area contributed by atoms with Gasteiger partial charge >= 0.3 is 5.69 Å². The van der Waals surface area contributed by atoms with Crippen LogP contribution in [0.25, 0.3) is 11.2 Å². The fourth-order valence-corrected chi connectivity index (χ4v) is 3.19. The van der Waals surface area contributed by atoms with Gasteiger partial charge in [0.05, 0.1) is 19.6 Å². The van der Waals surface area contributed by atoms with Gasteiger partial charge in [0.1, 0.15) is 0 Å². The predicted molar refractivity (Wildman–Crippen MR) is 112 cm³/mol. The maximum absolute atomic E-state index is 12.8. The molecule has 0 N–H and O–H groups in total. The number of ether oxygens (including phenoxy) is 1. The second-order valence-corrected chi connectivity index (χ2v) is 6.88. The van der Waals surface area contributed by atoms with Gasteiger partial charge in [-0.3, -0.25) is 18.9 Å². The Labute approximate surface area is 169 Å². The molecular weight excluding hydrogens is 386 g/mol. The van der Waals surface area contributed by atoms with Crippen LogP contribution in [0.1, 0.15) is 6.42 Å². The summed E-state index contributed by atoms with van der Waals surface area (Å²) in [5.74, 6) is 0.711. The second-order valence-electron chi connectivity index (χ2n) is 6.88. The van der Waals surface area contributed by atoms with Crippen molar-refractivity contribution in [3.05, 3.63) is 20.8 Å². The topological polar surface area (TPSA) is 89.9 Å². The number of hydrogen-bond donors (Lipinski definition) is 0. The van der Waals surface area contributed by atoms with Crippen molar-refractivity contribution in [2.45, 2.75) is 13.0 Å². The minimum Gasteiger partial charge on any atom is -0.378 e. The number of fused-ring (bicyclic) bond motifs is 1. The van der Waals surface area contributed by atoms with Crippen molar-refractivity contribution >= 4 is 35.9 Å². The van der Waals surface area contributed by atoms with E-state index < -0.39 is 0 Å². The smallest absolute Gasteiger partial charge is 0.332 e. The fraction of sp³-hybridized carbons (Fsp3) is 0.647. The van der Waals surface area contributed by atoms with Crippen molar-refractivity contribution in [2.24, 2.45) is 19.1 Å². The molecule has 1 saturated heterocycles. The molecular formula is C17H28ClN7O3. The molecule has 3 rings (SSSR count). The van der Waals surface area contributed by atoms with Gasteiger partial charge < -0.3 is 19.1 Å². The number of hydrogen-bond acceptors (Lipinski definition) is 6. The van der Waals surface area contributed by atoms with Gasteiger partial charge in [-0.1, -0.05) is 0 Å². The first-order valence-corrected chi connectivity index (χ1v) is 9.07. The molecule has 0 saturated carbocycles. The molecule has 0 aromatic carbocycles. The zero-order valence-electron chi connectivity index (χ0n) is 16.8. The van der Waals surface area contributed by atoms with E-state index in [1.165, 1.54) is 11.6 Å². The molecule has 0 aliphatic carbocycles. The highest BCUT2D eigenvalue weighted by molar-refractivity contribution is 5.85. The summed E-state index contributed by atoms with van der Waals surface area (Å²) < 4.78 is 9.92. The normalized spacial score (nSPS) is 14.6. The lowest BCUT2D eigenvalue weighted by Gasteiger charge is -2.28. The number of imidazole rings is 1. The van der Waals surface area contributed by atoms with Crippen LogP contribution < -0.4 is 16.1 Å². The average Bonchev–Trinajstić information content (AvgIpc) is 3.04. The lowest BCUT2D eigenvalue weighted by atomic mass is 10.4. The van der Waals surface area contributed by atoms with Crippen LogP contribution >= 0.6 is 12.4 Å². The van der Waals surface area contributed by atoms with Crippen LogP contribution in [-0.2, 0) is 25.4 Å². The monoisotopic (exact) mass is 413 g/mol. The number of aromatic nitrogens is 4. The van der Waals surface area contributed by atoms with Crippen molar-refractivity contribution in [3.63, 3.8) is 0 Å². The van der Waals surface area contributed by atoms with Gasteiger partial charge in [-0.2, -0.15) is 4.98 Å². The Kier molecular flexibility index (Phi) is 7.25. The van der Waals surface area contributed by atoms with Crippen molar-refractivity contribution in [3.8, 4) is 0 Å². The summed E-state index contributed by atoms with van der Waals surface area (Å²) in [7, 11) is 6.99. The van der Waals surface area contributed by atoms with Crippen LogP contribution in [0.15, 0.2) is 14.6 Å². The van der Waals surface area contributed by atoms with E-state index in [4.69, 9.17) is 4.74 Å². The molecule has 1 aliphatic rings. The number of morpholine rings is 1. The zero-order chi connectivity index (χ0) is 19.6. The van der Waals surface area contributed by atoms with Gasteiger partial charge in [-0.25, -0.2) is 4.79 Å². The number of anilines is 1. The maximum Gasteiger partial charge on any atom is 0.332 e. The van der Waals surface area contributed by atoms with Crippen molar-refractivity contribution in [1.82, 2.24) is 23.6 Å². The Balaban J connectivity index is 0.00000280. The zero-order valence-corrected chi connectivity index (χ0v) is 17.6. The molecule has 0 amide bonds. The van der Waals surface area contributed by atoms with Gasteiger partial charge in [0.25, 0.3) is 5.56 Å². The van der Waals surface area contributed by atoms with E-state index in [1.807, 2.05) is 23.6 Å². The molecule has 0 atom stereocenters. The quantitative estimate of drug-likeness (QED) is 0.366. The van der Waals surface area contributed by atoms with Gasteiger partial charge in [0.15, 0.2) is 11.2 Å². The highest BCUT2D eigenvalue weighted by atomic mass is 35.5. The van der Waals surface area contributed by atoms with E-state index in [-0.39, 0.29) is 23.7 Å². The minimum absolute atomic E-state index is 0. The predicted octanol–water partition coefficient (Wildman–Crippen LogP) is -0.328. The lowest BCUT2D eigenvalue weighted by molar-refractivity contribution is 0.121. The molecule has 156 valence electrons. The molecule has 0 bridgehead atoms. The molecule has 2 aromatic heterocycles. The van der Waals surface area contributed by atoms with Gasteiger partial charge in [0, 0.05) is 54.4 Å². The molecule has 0 spiro atoms. The first-order chi connectivity index (χ1) is 12.9. The summed E-state index contributed by atoms with van der Waals surface area (Å²) in [6.07, 6.45) is 2.54. The maximum atomic E-state index is 12.8. The van der Waals surface area contributed by atoms with E-state index in [0.29, 0.717) is 56.5 Å². The summed E-state index contributed by atoms with van der Waals surface area (Å²) in [4.78, 5) is 38.1. The summed E-state index contributed by atoms with van der Waals surface area (Å²) in [6, 6.07) is 0. The molecule has 1 aliphatic heterocycles. The highest BCUT2D eigenvalue weighted by Crippen LogP contribution is 2.21. The molecule has 3 heterocycles. The highest BCUT2D eigenvalue weighted by Gasteiger charge is 2.23. The largest absolute Gasteiger partial charge is 0.378 e. The average molecular weight is 414 g/mol. The van der Waals surface area contributed by atoms with Crippen molar-refractivity contribution in [2.75, 3.05) is 51.8 Å². The fourth-order valence-electron chi connectivity index (χ4n) is 3.19. The van der Waals surface area contributed by atoms with E-state index in [1.54, 1.807) is 13.4 Å². The number of halogens is 1. The number of aryl methyl sites for hydroxylation is 2. The van der Waals surface area contributed by atoms with E-state index in [2.05, 4.69) is 14.9 Å². The minimum atomic E-state index is -0.374. The molecule has 2 aromatic rings. The third-order valence-electron chi connectivity index (χ3n) is 4.60. The summed E-state index contributed by atoms with van der Waals surface area (Å²) >= 11 is 0. The van der Waals surface area contributed by atoms with E-state index in [9.17, 15) is 9.59 Å². The summed E-state index contributed by atoms with van der Waals surface area (Å²) in [5, 5.41) is 0. The first-order valence-electron chi connectivity index (χ1n) is 9.07. The van der Waals surface area contributed by atoms with Crippen LogP contribution in [-0.4, -0.2) is 76.9 Å². The molecule has 10 nitrogen and oxygen atoms in total. The Hall–Kier alpha value is -2.33. The second kappa shape index (κ2) is 9.24. The number of rotatable bonds is 6. The Bertz CT molecular complexity index is 954. The van der Waals surface area contributed by atoms with E-state index >= 15 is 0 Å². The molecule has 28 heavy (non-hydrogen) atoms. The van der Waals surface area contributed by atoms with Crippen LogP contribution in [0.3, 0.4) is 0 Å². The standard InChI is InChI=1S/C17H27N7O3.ClH/c1-20(2)12-18-6-5-7-24-13-14(21(3)17(26)22(4)15(13)25)19-16(24)23-8-10-27-11-9-23;/h12H,5-11H2,1-4H3;1H. The third-order valence-corrected chi connectivity index (χ3v) is 4.60. The van der Waals surface area contributed by atoms with E-state index in [0.717, 1.165) is 11.0 Å². The van der Waals surface area contributed by atoms with Crippen LogP contribution in [0.5, 0.6) is 0 Å². The molecule has 1 fully saturated rings. The van der Waals surface area contributed by atoms with Crippen LogP contribution in [0, 0.1) is 0 Å². The lowest BCUT2D eigenvalue weighted by Crippen LogP contribution is -2.38. The number of nitrogens with zero attached hydrogens (tertiary/aromatic N) is 7. The van der Waals surface area contributed by atoms with Gasteiger partial charge in [-0.15, -0.1) is 12.4 Å². The van der Waals surface area contributed by atoms with Crippen molar-refractivity contribution in [1.29, 1.82) is 0 Å². The Morgan fingerprint density at radius 2 is 1.86 bits per heavy atom. The van der Waals surface area contributed by atoms with Gasteiger partial charge in [-0.05, 0) is 6.42 Å². The van der Waals surface area contributed by atoms with Crippen LogP contribution in [0.4, 0.5) is 5.95 Å². The molecule has 11 heteroatoms. The summed E-state index contributed by atoms with van der Waals surface area (Å²) in [6.45, 7) is 3.89. The molecule has 0 unspecified atom stereocenters. The summed E-state index contributed by atoms with van der Waals surface area (Å²) in [5.41, 5.74) is 0.178. The van der Waals surface area contributed by atoms with Gasteiger partial charge in [0.2, 0.25) is 5.95 Å².